The number of carbonyl (C=O) groups is 1. The molecule has 2 aromatic carbocycles. The third kappa shape index (κ3) is 4.43. The number of amides is 1. The number of hydrazine groups is 1. The third-order valence-electron chi connectivity index (χ3n) is 2.83. The topological polar surface area (TPSA) is 41.1 Å². The van der Waals surface area contributed by atoms with Gasteiger partial charge in [-0.1, -0.05) is 71.7 Å². The normalized spacial score (nSPS) is 12.7. The van der Waals surface area contributed by atoms with E-state index in [1.54, 1.807) is 60.7 Å². The highest BCUT2D eigenvalue weighted by Crippen LogP contribution is 2.36. The number of rotatable bonds is 5. The molecule has 0 aliphatic carbocycles. The zero-order valence-electron chi connectivity index (χ0n) is 10.9. The third-order valence-corrected chi connectivity index (χ3v) is 3.26. The minimum atomic E-state index is -2.58. The lowest BCUT2D eigenvalue weighted by atomic mass is 10.1. The fourth-order valence-electron chi connectivity index (χ4n) is 1.80. The Morgan fingerprint density at radius 3 is 2.05 bits per heavy atom. The molecular formula is C15H13Cl2FN2O. The van der Waals surface area contributed by atoms with Gasteiger partial charge in [-0.25, -0.2) is 9.82 Å². The predicted molar refractivity (Wildman–Crippen MR) is 81.8 cm³/mol. The summed E-state index contributed by atoms with van der Waals surface area (Å²) in [4.78, 5) is 11.9. The van der Waals surface area contributed by atoms with Crippen LogP contribution in [-0.4, -0.2) is 10.5 Å². The maximum atomic E-state index is 13.9. The molecule has 3 nitrogen and oxygen atoms in total. The van der Waals surface area contributed by atoms with Crippen LogP contribution in [0, 0.1) is 0 Å². The molecule has 110 valence electrons. The van der Waals surface area contributed by atoms with E-state index in [4.69, 9.17) is 23.2 Å². The van der Waals surface area contributed by atoms with Crippen molar-refractivity contribution < 1.29 is 9.18 Å². The Hall–Kier alpha value is -1.62. The van der Waals surface area contributed by atoms with Crippen molar-refractivity contribution in [2.24, 2.45) is 0 Å². The fourth-order valence-corrected chi connectivity index (χ4v) is 2.16. The van der Waals surface area contributed by atoms with E-state index in [0.717, 1.165) is 0 Å². The molecule has 6 heteroatoms. The highest BCUT2D eigenvalue weighted by Gasteiger charge is 2.36. The van der Waals surface area contributed by atoms with Crippen molar-refractivity contribution in [2.45, 2.75) is 10.6 Å². The number of nitrogens with one attached hydrogen (secondary N) is 2. The second-order valence-corrected chi connectivity index (χ2v) is 5.64. The van der Waals surface area contributed by atoms with E-state index >= 15 is 0 Å². The van der Waals surface area contributed by atoms with Crippen molar-refractivity contribution in [3.63, 3.8) is 0 Å². The van der Waals surface area contributed by atoms with Crippen molar-refractivity contribution in [3.8, 4) is 0 Å². The summed E-state index contributed by atoms with van der Waals surface area (Å²) >= 11 is 11.1. The number of carbonyl (C=O) groups excluding carboxylic acids is 1. The summed E-state index contributed by atoms with van der Waals surface area (Å²) in [5, 5.41) is 0. The average molecular weight is 327 g/mol. The molecule has 2 N–H and O–H groups in total. The van der Waals surface area contributed by atoms with Gasteiger partial charge in [0.1, 0.15) is 6.04 Å². The Morgan fingerprint density at radius 1 is 1.00 bits per heavy atom. The summed E-state index contributed by atoms with van der Waals surface area (Å²) in [5.41, 5.74) is 5.89. The molecule has 0 radical (unpaired) electrons. The summed E-state index contributed by atoms with van der Waals surface area (Å²) < 4.78 is 11.3. The van der Waals surface area contributed by atoms with Crippen molar-refractivity contribution in [3.05, 3.63) is 71.8 Å². The molecule has 0 saturated carbocycles. The molecule has 0 aromatic heterocycles. The van der Waals surface area contributed by atoms with Crippen LogP contribution in [-0.2, 0) is 0 Å². The maximum absolute atomic E-state index is 13.9. The number of halogens is 3. The van der Waals surface area contributed by atoms with E-state index in [9.17, 15) is 9.18 Å². The largest absolute Gasteiger partial charge is 0.287 e. The molecule has 0 heterocycles. The highest BCUT2D eigenvalue weighted by atomic mass is 35.5. The van der Waals surface area contributed by atoms with Crippen LogP contribution in [0.25, 0.3) is 0 Å². The van der Waals surface area contributed by atoms with Gasteiger partial charge in [-0.3, -0.25) is 10.2 Å². The van der Waals surface area contributed by atoms with Crippen LogP contribution in [0.3, 0.4) is 0 Å². The molecule has 0 fully saturated rings. The van der Waals surface area contributed by atoms with Gasteiger partial charge in [-0.2, -0.15) is 0 Å². The summed E-state index contributed by atoms with van der Waals surface area (Å²) in [6.45, 7) is 0. The van der Waals surface area contributed by atoms with Crippen LogP contribution < -0.4 is 10.9 Å². The number of hydrogen-bond donors (Lipinski definition) is 2. The molecule has 0 saturated heterocycles. The van der Waals surface area contributed by atoms with Crippen molar-refractivity contribution in [2.75, 3.05) is 0 Å². The second-order valence-electron chi connectivity index (χ2n) is 4.35. The monoisotopic (exact) mass is 326 g/mol. The SMILES string of the molecule is O=C(NNC(c1ccccc1)C(F)(Cl)Cl)c1ccccc1. The van der Waals surface area contributed by atoms with Gasteiger partial charge >= 0.3 is 0 Å². The van der Waals surface area contributed by atoms with E-state index in [2.05, 4.69) is 10.9 Å². The first-order valence-corrected chi connectivity index (χ1v) is 6.96. The molecule has 1 amide bonds. The first kappa shape index (κ1) is 15.8. The Kier molecular flexibility index (Phi) is 5.17. The minimum absolute atomic E-state index is 0.408. The first-order valence-electron chi connectivity index (χ1n) is 6.21. The zero-order chi connectivity index (χ0) is 15.3. The molecule has 0 bridgehead atoms. The molecule has 2 rings (SSSR count). The van der Waals surface area contributed by atoms with Gasteiger partial charge in [0, 0.05) is 5.56 Å². The van der Waals surface area contributed by atoms with Crippen LogP contribution >= 0.6 is 23.2 Å². The van der Waals surface area contributed by atoms with Crippen LogP contribution in [0.4, 0.5) is 4.39 Å². The number of hydrogen-bond acceptors (Lipinski definition) is 2. The van der Waals surface area contributed by atoms with Crippen LogP contribution in [0.2, 0.25) is 0 Å². The van der Waals surface area contributed by atoms with Gasteiger partial charge < -0.3 is 0 Å². The van der Waals surface area contributed by atoms with E-state index in [1.165, 1.54) is 0 Å². The van der Waals surface area contributed by atoms with Crippen LogP contribution in [0.5, 0.6) is 0 Å². The van der Waals surface area contributed by atoms with Crippen LogP contribution in [0.1, 0.15) is 22.0 Å². The predicted octanol–water partition coefficient (Wildman–Crippen LogP) is 3.76. The van der Waals surface area contributed by atoms with Crippen LogP contribution in [0.15, 0.2) is 60.7 Å². The van der Waals surface area contributed by atoms with Crippen molar-refractivity contribution >= 4 is 29.1 Å². The van der Waals surface area contributed by atoms with Gasteiger partial charge in [-0.05, 0) is 17.7 Å². The van der Waals surface area contributed by atoms with Gasteiger partial charge in [0.2, 0.25) is 0 Å². The minimum Gasteiger partial charge on any atom is -0.287 e. The molecule has 0 aliphatic rings. The molecule has 2 aromatic rings. The summed E-state index contributed by atoms with van der Waals surface area (Å²) in [5.74, 6) is -0.408. The Morgan fingerprint density at radius 2 is 1.52 bits per heavy atom. The van der Waals surface area contributed by atoms with Gasteiger partial charge in [0.25, 0.3) is 10.5 Å². The molecule has 0 aliphatic heterocycles. The highest BCUT2D eigenvalue weighted by molar-refractivity contribution is 6.47. The zero-order valence-corrected chi connectivity index (χ0v) is 12.4. The van der Waals surface area contributed by atoms with E-state index in [0.29, 0.717) is 11.1 Å². The maximum Gasteiger partial charge on any atom is 0.278 e. The summed E-state index contributed by atoms with van der Waals surface area (Å²) in [7, 11) is 0. The quantitative estimate of drug-likeness (QED) is 0.648. The van der Waals surface area contributed by atoms with E-state index in [1.807, 2.05) is 0 Å². The average Bonchev–Trinajstić information content (AvgIpc) is 2.48. The lowest BCUT2D eigenvalue weighted by Gasteiger charge is -2.24. The summed E-state index contributed by atoms with van der Waals surface area (Å²) in [6.07, 6.45) is 0. The number of alkyl halides is 3. The standard InChI is InChI=1S/C15H13Cl2FN2O/c16-15(17,18)13(11-7-3-1-4-8-11)19-20-14(21)12-9-5-2-6-10-12/h1-10,13,19H,(H,20,21). The van der Waals surface area contributed by atoms with Crippen molar-refractivity contribution in [1.29, 1.82) is 0 Å². The van der Waals surface area contributed by atoms with E-state index in [-0.39, 0.29) is 0 Å². The Bertz CT molecular complexity index is 588. The van der Waals surface area contributed by atoms with E-state index < -0.39 is 16.5 Å². The smallest absolute Gasteiger partial charge is 0.278 e. The van der Waals surface area contributed by atoms with Gasteiger partial charge in [0.05, 0.1) is 0 Å². The Labute approximate surface area is 132 Å². The summed E-state index contributed by atoms with van der Waals surface area (Å²) in [6, 6.07) is 16.0. The molecular weight excluding hydrogens is 314 g/mol. The number of benzene rings is 2. The fraction of sp³-hybridized carbons (Fsp3) is 0.133. The van der Waals surface area contributed by atoms with Gasteiger partial charge in [-0.15, -0.1) is 0 Å². The molecule has 1 unspecified atom stereocenters. The van der Waals surface area contributed by atoms with Gasteiger partial charge in [0.15, 0.2) is 0 Å². The second kappa shape index (κ2) is 6.89. The molecule has 21 heavy (non-hydrogen) atoms. The molecule has 0 spiro atoms. The molecule has 1 atom stereocenters. The lowest BCUT2D eigenvalue weighted by Crippen LogP contribution is -2.44. The lowest BCUT2D eigenvalue weighted by molar-refractivity contribution is 0.0916. The Balaban J connectivity index is 2.09. The first-order chi connectivity index (χ1) is 9.98. The van der Waals surface area contributed by atoms with Crippen molar-refractivity contribution in [1.82, 2.24) is 10.9 Å².